The molecule has 8 nitrogen and oxygen atoms in total. The Labute approximate surface area is 254 Å². The van der Waals surface area contributed by atoms with Gasteiger partial charge in [-0.3, -0.25) is 9.59 Å². The largest absolute Gasteiger partial charge is 0.534 e. The molecule has 2 aromatic carbocycles. The van der Waals surface area contributed by atoms with Gasteiger partial charge in [0.2, 0.25) is 0 Å². The third-order valence-corrected chi connectivity index (χ3v) is 8.05. The van der Waals surface area contributed by atoms with Crippen molar-refractivity contribution in [2.75, 3.05) is 5.32 Å². The molecule has 0 spiro atoms. The molecule has 0 radical (unpaired) electrons. The van der Waals surface area contributed by atoms with E-state index in [0.29, 0.717) is 33.5 Å². The highest BCUT2D eigenvalue weighted by Gasteiger charge is 2.49. The summed E-state index contributed by atoms with van der Waals surface area (Å²) in [7, 11) is -6.10. The van der Waals surface area contributed by atoms with Crippen LogP contribution in [0.5, 0.6) is 5.75 Å². The van der Waals surface area contributed by atoms with Crippen LogP contribution in [0, 0.1) is 13.8 Å². The number of nitrogens with one attached hydrogen (secondary N) is 1. The number of carbonyl (C=O) groups is 1. The molecule has 0 aliphatic rings. The SMILES string of the molecule is Cc1cc(C(C)Nc2ccc(Cl)nc2-c2cc(Cl)c(OS(=O)(=O)C(F)(F)F)c(C=O)c2)c2oc(C(C)C)c(C)c(=O)c2c1. The fourth-order valence-corrected chi connectivity index (χ4v) is 5.58. The van der Waals surface area contributed by atoms with Crippen molar-refractivity contribution in [2.24, 2.45) is 0 Å². The minimum Gasteiger partial charge on any atom is -0.460 e. The van der Waals surface area contributed by atoms with E-state index in [9.17, 15) is 31.2 Å². The summed E-state index contributed by atoms with van der Waals surface area (Å²) in [5.74, 6) is -0.467. The Morgan fingerprint density at radius 2 is 1.74 bits per heavy atom. The Morgan fingerprint density at radius 3 is 2.35 bits per heavy atom. The van der Waals surface area contributed by atoms with Gasteiger partial charge in [-0.2, -0.15) is 21.6 Å². The van der Waals surface area contributed by atoms with E-state index in [2.05, 4.69) is 14.5 Å². The second kappa shape index (κ2) is 11.8. The van der Waals surface area contributed by atoms with Crippen LogP contribution in [-0.2, 0) is 10.1 Å². The maximum Gasteiger partial charge on any atom is 0.534 e. The molecule has 14 heteroatoms. The fourth-order valence-electron chi connectivity index (χ4n) is 4.62. The molecule has 2 aromatic heterocycles. The number of hydrogen-bond donors (Lipinski definition) is 1. The van der Waals surface area contributed by atoms with Crippen LogP contribution >= 0.6 is 23.2 Å². The number of halogens is 5. The first kappa shape index (κ1) is 32.3. The van der Waals surface area contributed by atoms with E-state index >= 15 is 0 Å². The second-order valence-electron chi connectivity index (χ2n) is 10.2. The lowest BCUT2D eigenvalue weighted by Gasteiger charge is -2.21. The van der Waals surface area contributed by atoms with Gasteiger partial charge in [-0.15, -0.1) is 0 Å². The number of alkyl halides is 3. The second-order valence-corrected chi connectivity index (χ2v) is 12.5. The van der Waals surface area contributed by atoms with Crippen LogP contribution in [0.15, 0.2) is 45.6 Å². The highest BCUT2D eigenvalue weighted by atomic mass is 35.5. The van der Waals surface area contributed by atoms with Crippen LogP contribution in [0.25, 0.3) is 22.2 Å². The van der Waals surface area contributed by atoms with E-state index < -0.39 is 38.0 Å². The molecular weight excluding hydrogens is 632 g/mol. The van der Waals surface area contributed by atoms with Crippen molar-refractivity contribution < 1.29 is 35.0 Å². The van der Waals surface area contributed by atoms with Crippen LogP contribution in [-0.4, -0.2) is 25.2 Å². The van der Waals surface area contributed by atoms with Gasteiger partial charge in [0.1, 0.15) is 16.5 Å². The first-order valence-corrected chi connectivity index (χ1v) is 14.9. The summed E-state index contributed by atoms with van der Waals surface area (Å²) >= 11 is 12.3. The molecule has 4 aromatic rings. The number of anilines is 1. The molecular formula is C29H25Cl2F3N2O6S. The number of hydrogen-bond acceptors (Lipinski definition) is 8. The normalized spacial score (nSPS) is 12.9. The molecule has 0 aliphatic heterocycles. The maximum absolute atomic E-state index is 13.2. The van der Waals surface area contributed by atoms with E-state index in [-0.39, 0.29) is 34.0 Å². The highest BCUT2D eigenvalue weighted by molar-refractivity contribution is 7.88. The van der Waals surface area contributed by atoms with Gasteiger partial charge in [0.15, 0.2) is 17.5 Å². The van der Waals surface area contributed by atoms with Crippen LogP contribution < -0.4 is 14.9 Å². The summed E-state index contributed by atoms with van der Waals surface area (Å²) in [5.41, 5.74) is -3.38. The van der Waals surface area contributed by atoms with Crippen LogP contribution in [0.1, 0.15) is 65.5 Å². The van der Waals surface area contributed by atoms with Crippen molar-refractivity contribution in [3.63, 3.8) is 0 Å². The summed E-state index contributed by atoms with van der Waals surface area (Å²) in [6, 6.07) is 8.40. The molecule has 43 heavy (non-hydrogen) atoms. The zero-order valence-corrected chi connectivity index (χ0v) is 25.7. The Morgan fingerprint density at radius 1 is 1.07 bits per heavy atom. The molecule has 0 saturated carbocycles. The van der Waals surface area contributed by atoms with E-state index in [4.69, 9.17) is 27.6 Å². The predicted molar refractivity (Wildman–Crippen MR) is 159 cm³/mol. The molecule has 1 unspecified atom stereocenters. The Bertz CT molecular complexity index is 1920. The zero-order valence-electron chi connectivity index (χ0n) is 23.4. The van der Waals surface area contributed by atoms with E-state index in [0.717, 1.165) is 17.7 Å². The number of aldehydes is 1. The number of benzene rings is 2. The van der Waals surface area contributed by atoms with Gasteiger partial charge in [0, 0.05) is 22.6 Å². The van der Waals surface area contributed by atoms with E-state index in [1.807, 2.05) is 33.8 Å². The van der Waals surface area contributed by atoms with E-state index in [1.165, 1.54) is 6.07 Å². The standard InChI is InChI=1S/C29H25Cl2F3N2O6S/c1-13(2)26-15(4)25(38)20-9-14(3)8-19(28(20)41-26)16(5)35-22-6-7-23(31)36-24(22)17-10-18(12-37)27(21(30)11-17)42-43(39,40)29(32,33)34/h6-13,16,35H,1-5H3. The third kappa shape index (κ3) is 6.36. The summed E-state index contributed by atoms with van der Waals surface area (Å²) < 4.78 is 72.3. The number of carbonyl (C=O) groups excluding carboxylic acids is 1. The molecule has 228 valence electrons. The van der Waals surface area contributed by atoms with Gasteiger partial charge in [-0.05, 0) is 56.7 Å². The Kier molecular flexibility index (Phi) is 8.88. The number of pyridine rings is 1. The number of nitrogens with zero attached hydrogens (tertiary/aromatic N) is 1. The number of aryl methyl sites for hydroxylation is 1. The summed E-state index contributed by atoms with van der Waals surface area (Å²) in [5, 5.41) is 3.17. The molecule has 4 rings (SSSR count). The number of aromatic nitrogens is 1. The average molecular weight is 657 g/mol. The highest BCUT2D eigenvalue weighted by Crippen LogP contribution is 2.40. The first-order chi connectivity index (χ1) is 19.9. The van der Waals surface area contributed by atoms with Crippen LogP contribution in [0.2, 0.25) is 10.2 Å². The van der Waals surface area contributed by atoms with Crippen molar-refractivity contribution in [1.29, 1.82) is 0 Å². The van der Waals surface area contributed by atoms with E-state index in [1.54, 1.807) is 19.1 Å². The van der Waals surface area contributed by atoms with Gasteiger partial charge in [0.05, 0.1) is 33.4 Å². The molecule has 0 saturated heterocycles. The molecule has 1 atom stereocenters. The third-order valence-electron chi connectivity index (χ3n) is 6.60. The molecule has 0 aliphatic carbocycles. The lowest BCUT2D eigenvalue weighted by molar-refractivity contribution is -0.0500. The van der Waals surface area contributed by atoms with Gasteiger partial charge in [-0.1, -0.05) is 43.1 Å². The number of fused-ring (bicyclic) bond motifs is 1. The number of rotatable bonds is 8. The van der Waals surface area contributed by atoms with Crippen molar-refractivity contribution in [2.45, 2.75) is 52.1 Å². The fraction of sp³-hybridized carbons (Fsp3) is 0.276. The maximum atomic E-state index is 13.2. The zero-order chi connectivity index (χ0) is 32.0. The topological polar surface area (TPSA) is 116 Å². The molecule has 2 heterocycles. The molecule has 0 bridgehead atoms. The quantitative estimate of drug-likeness (QED) is 0.0875. The predicted octanol–water partition coefficient (Wildman–Crippen LogP) is 8.12. The molecule has 0 amide bonds. The van der Waals surface area contributed by atoms with Crippen LogP contribution in [0.3, 0.4) is 0 Å². The van der Waals surface area contributed by atoms with Crippen molar-refractivity contribution >= 4 is 56.3 Å². The smallest absolute Gasteiger partial charge is 0.460 e. The lowest BCUT2D eigenvalue weighted by Crippen LogP contribution is -2.28. The first-order valence-electron chi connectivity index (χ1n) is 12.8. The van der Waals surface area contributed by atoms with Gasteiger partial charge < -0.3 is 13.9 Å². The van der Waals surface area contributed by atoms with Crippen LogP contribution in [0.4, 0.5) is 18.9 Å². The Hall–Kier alpha value is -3.61. The summed E-state index contributed by atoms with van der Waals surface area (Å²) in [4.78, 5) is 29.3. The minimum absolute atomic E-state index is 0.0426. The lowest BCUT2D eigenvalue weighted by atomic mass is 9.98. The summed E-state index contributed by atoms with van der Waals surface area (Å²) in [6.45, 7) is 9.24. The molecule has 1 N–H and O–H groups in total. The van der Waals surface area contributed by atoms with Gasteiger partial charge in [-0.25, -0.2) is 4.98 Å². The minimum atomic E-state index is -6.10. The monoisotopic (exact) mass is 656 g/mol. The van der Waals surface area contributed by atoms with Crippen molar-refractivity contribution in [1.82, 2.24) is 4.98 Å². The molecule has 0 fully saturated rings. The van der Waals surface area contributed by atoms with Gasteiger partial charge in [0.25, 0.3) is 0 Å². The van der Waals surface area contributed by atoms with Crippen molar-refractivity contribution in [3.8, 4) is 17.0 Å². The van der Waals surface area contributed by atoms with Gasteiger partial charge >= 0.3 is 15.6 Å². The Balaban J connectivity index is 1.83. The average Bonchev–Trinajstić information content (AvgIpc) is 2.91. The summed E-state index contributed by atoms with van der Waals surface area (Å²) in [6.07, 6.45) is 0.103. The van der Waals surface area contributed by atoms with Crippen molar-refractivity contribution in [3.05, 3.63) is 84.8 Å².